The number of hydrogen-bond acceptors (Lipinski definition) is 5. The van der Waals surface area contributed by atoms with Gasteiger partial charge in [0, 0.05) is 11.8 Å². The highest BCUT2D eigenvalue weighted by atomic mass is 16.5. The largest absolute Gasteiger partial charge is 0.398 e. The summed E-state index contributed by atoms with van der Waals surface area (Å²) in [5.74, 6) is 0. The van der Waals surface area contributed by atoms with Gasteiger partial charge < -0.3 is 15.6 Å². The molecule has 16 heavy (non-hydrogen) atoms. The van der Waals surface area contributed by atoms with Gasteiger partial charge in [0.15, 0.2) is 0 Å². The molecule has 0 radical (unpaired) electrons. The molecule has 0 aliphatic carbocycles. The molecule has 0 aliphatic rings. The molecule has 0 unspecified atom stereocenters. The topological polar surface area (TPSA) is 87.9 Å². The molecule has 0 bridgehead atoms. The molecule has 1 aromatic carbocycles. The number of anilines is 2. The van der Waals surface area contributed by atoms with Crippen molar-refractivity contribution in [3.05, 3.63) is 41.8 Å². The van der Waals surface area contributed by atoms with Gasteiger partial charge in [-0.3, -0.25) is 0 Å². The number of hydrogen-bond donors (Lipinski definition) is 2. The summed E-state index contributed by atoms with van der Waals surface area (Å²) in [7, 11) is 0. The van der Waals surface area contributed by atoms with Crippen molar-refractivity contribution >= 4 is 11.4 Å². The van der Waals surface area contributed by atoms with Gasteiger partial charge in [-0.2, -0.15) is 5.26 Å². The fourth-order valence-corrected chi connectivity index (χ4v) is 1.30. The van der Waals surface area contributed by atoms with E-state index in [1.54, 1.807) is 24.3 Å². The molecule has 3 N–H and O–H groups in total. The van der Waals surface area contributed by atoms with Crippen LogP contribution >= 0.6 is 0 Å². The van der Waals surface area contributed by atoms with Crippen LogP contribution in [0.2, 0.25) is 0 Å². The van der Waals surface area contributed by atoms with Crippen LogP contribution in [0.15, 0.2) is 35.1 Å². The van der Waals surface area contributed by atoms with Gasteiger partial charge in [0.2, 0.25) is 0 Å². The first-order chi connectivity index (χ1) is 7.79. The quantitative estimate of drug-likeness (QED) is 0.760. The molecular weight excluding hydrogens is 204 g/mol. The van der Waals surface area contributed by atoms with Crippen LogP contribution < -0.4 is 11.1 Å². The minimum atomic E-state index is 0.465. The highest BCUT2D eigenvalue weighted by molar-refractivity contribution is 5.62. The zero-order valence-electron chi connectivity index (χ0n) is 8.47. The lowest BCUT2D eigenvalue weighted by Gasteiger charge is -2.05. The Kier molecular flexibility index (Phi) is 2.74. The molecule has 0 amide bonds. The number of aromatic nitrogens is 1. The molecule has 0 saturated heterocycles. The van der Waals surface area contributed by atoms with E-state index in [-0.39, 0.29) is 0 Å². The van der Waals surface area contributed by atoms with Gasteiger partial charge in [-0.05, 0) is 18.2 Å². The van der Waals surface area contributed by atoms with Crippen LogP contribution in [-0.2, 0) is 6.54 Å². The average molecular weight is 214 g/mol. The maximum atomic E-state index is 8.72. The van der Waals surface area contributed by atoms with Gasteiger partial charge in [-0.15, -0.1) is 0 Å². The SMILES string of the molecule is N#Cc1ccc(NCc2ccon2)cc1N. The van der Waals surface area contributed by atoms with Crippen LogP contribution in [0.1, 0.15) is 11.3 Å². The van der Waals surface area contributed by atoms with Crippen molar-refractivity contribution in [2.24, 2.45) is 0 Å². The van der Waals surface area contributed by atoms with Crippen LogP contribution in [0.3, 0.4) is 0 Å². The lowest BCUT2D eigenvalue weighted by atomic mass is 10.2. The van der Waals surface area contributed by atoms with Crippen molar-refractivity contribution in [3.63, 3.8) is 0 Å². The van der Waals surface area contributed by atoms with E-state index < -0.39 is 0 Å². The van der Waals surface area contributed by atoms with Crippen LogP contribution in [0.4, 0.5) is 11.4 Å². The normalized spacial score (nSPS) is 9.69. The maximum absolute atomic E-state index is 8.72. The molecule has 0 spiro atoms. The van der Waals surface area contributed by atoms with Crippen LogP contribution in [-0.4, -0.2) is 5.16 Å². The number of nitrogen functional groups attached to an aromatic ring is 1. The van der Waals surface area contributed by atoms with E-state index in [0.29, 0.717) is 17.8 Å². The van der Waals surface area contributed by atoms with E-state index in [1.807, 2.05) is 6.07 Å². The Hall–Kier alpha value is -2.48. The smallest absolute Gasteiger partial charge is 0.124 e. The Morgan fingerprint density at radius 3 is 2.94 bits per heavy atom. The summed E-state index contributed by atoms with van der Waals surface area (Å²) in [6.45, 7) is 0.557. The molecule has 0 fully saturated rings. The van der Waals surface area contributed by atoms with Gasteiger partial charge in [-0.25, -0.2) is 0 Å². The zero-order chi connectivity index (χ0) is 11.4. The monoisotopic (exact) mass is 214 g/mol. The van der Waals surface area contributed by atoms with E-state index >= 15 is 0 Å². The molecular formula is C11H10N4O. The van der Waals surface area contributed by atoms with Crippen molar-refractivity contribution < 1.29 is 4.52 Å². The minimum absolute atomic E-state index is 0.465. The average Bonchev–Trinajstić information content (AvgIpc) is 2.79. The number of benzene rings is 1. The van der Waals surface area contributed by atoms with Crippen LogP contribution in [0.25, 0.3) is 0 Å². The van der Waals surface area contributed by atoms with E-state index in [1.165, 1.54) is 6.26 Å². The summed E-state index contributed by atoms with van der Waals surface area (Å²) in [4.78, 5) is 0. The molecule has 80 valence electrons. The maximum Gasteiger partial charge on any atom is 0.124 e. The third kappa shape index (κ3) is 2.12. The molecule has 0 saturated carbocycles. The molecule has 2 rings (SSSR count). The Balaban J connectivity index is 2.06. The molecule has 1 aromatic heterocycles. The Labute approximate surface area is 92.5 Å². The van der Waals surface area contributed by atoms with Crippen molar-refractivity contribution in [2.45, 2.75) is 6.54 Å². The molecule has 1 heterocycles. The third-order valence-corrected chi connectivity index (χ3v) is 2.14. The Morgan fingerprint density at radius 2 is 2.31 bits per heavy atom. The van der Waals surface area contributed by atoms with Crippen molar-refractivity contribution in [2.75, 3.05) is 11.1 Å². The van der Waals surface area contributed by atoms with Gasteiger partial charge in [0.05, 0.1) is 17.8 Å². The standard InChI is InChI=1S/C11H10N4O/c12-6-8-1-2-9(5-11(8)13)14-7-10-3-4-16-15-10/h1-5,14H,7,13H2. The van der Waals surface area contributed by atoms with E-state index in [2.05, 4.69) is 10.5 Å². The number of nitrogens with one attached hydrogen (secondary N) is 1. The lowest BCUT2D eigenvalue weighted by Crippen LogP contribution is -2.00. The lowest BCUT2D eigenvalue weighted by molar-refractivity contribution is 0.412. The van der Waals surface area contributed by atoms with Crippen molar-refractivity contribution in [1.82, 2.24) is 5.16 Å². The second kappa shape index (κ2) is 4.36. The highest BCUT2D eigenvalue weighted by Gasteiger charge is 2.00. The fourth-order valence-electron chi connectivity index (χ4n) is 1.30. The zero-order valence-corrected chi connectivity index (χ0v) is 8.47. The summed E-state index contributed by atoms with van der Waals surface area (Å²) < 4.78 is 4.71. The van der Waals surface area contributed by atoms with Crippen LogP contribution in [0.5, 0.6) is 0 Å². The number of nitrogens with zero attached hydrogens (tertiary/aromatic N) is 2. The van der Waals surface area contributed by atoms with Gasteiger partial charge in [-0.1, -0.05) is 5.16 Å². The van der Waals surface area contributed by atoms with Gasteiger partial charge in [0.1, 0.15) is 18.0 Å². The number of nitrogens with two attached hydrogens (primary N) is 1. The molecule has 2 aromatic rings. The second-order valence-electron chi connectivity index (χ2n) is 3.26. The molecule has 5 nitrogen and oxygen atoms in total. The number of nitriles is 1. The summed E-state index contributed by atoms with van der Waals surface area (Å²) in [5, 5.41) is 15.6. The first kappa shape index (κ1) is 10.1. The second-order valence-corrected chi connectivity index (χ2v) is 3.26. The van der Waals surface area contributed by atoms with Crippen molar-refractivity contribution in [3.8, 4) is 6.07 Å². The summed E-state index contributed by atoms with van der Waals surface area (Å²) in [6.07, 6.45) is 1.52. The third-order valence-electron chi connectivity index (χ3n) is 2.14. The van der Waals surface area contributed by atoms with E-state index in [4.69, 9.17) is 15.5 Å². The Morgan fingerprint density at radius 1 is 1.44 bits per heavy atom. The first-order valence-electron chi connectivity index (χ1n) is 4.72. The van der Waals surface area contributed by atoms with E-state index in [9.17, 15) is 0 Å². The summed E-state index contributed by atoms with van der Waals surface area (Å²) in [5.41, 5.74) is 8.28. The number of rotatable bonds is 3. The fraction of sp³-hybridized carbons (Fsp3) is 0.0909. The predicted molar refractivity (Wildman–Crippen MR) is 59.4 cm³/mol. The Bertz CT molecular complexity index is 513. The van der Waals surface area contributed by atoms with E-state index in [0.717, 1.165) is 11.4 Å². The van der Waals surface area contributed by atoms with Crippen molar-refractivity contribution in [1.29, 1.82) is 5.26 Å². The minimum Gasteiger partial charge on any atom is -0.398 e. The molecule has 5 heteroatoms. The summed E-state index contributed by atoms with van der Waals surface area (Å²) >= 11 is 0. The predicted octanol–water partition coefficient (Wildman–Crippen LogP) is 1.74. The summed E-state index contributed by atoms with van der Waals surface area (Å²) in [6, 6.07) is 8.99. The van der Waals surface area contributed by atoms with Gasteiger partial charge >= 0.3 is 0 Å². The highest BCUT2D eigenvalue weighted by Crippen LogP contribution is 2.17. The van der Waals surface area contributed by atoms with Crippen LogP contribution in [0, 0.1) is 11.3 Å². The first-order valence-corrected chi connectivity index (χ1v) is 4.72. The molecule has 0 atom stereocenters. The molecule has 0 aliphatic heterocycles. The van der Waals surface area contributed by atoms with Gasteiger partial charge in [0.25, 0.3) is 0 Å².